The van der Waals surface area contributed by atoms with Gasteiger partial charge in [-0.1, -0.05) is 96.3 Å². The van der Waals surface area contributed by atoms with Gasteiger partial charge in [-0.2, -0.15) is 0 Å². The van der Waals surface area contributed by atoms with Gasteiger partial charge in [0.25, 0.3) is 0 Å². The van der Waals surface area contributed by atoms with Crippen LogP contribution in [0.1, 0.15) is 22.3 Å². The molecule has 0 saturated heterocycles. The highest BCUT2D eigenvalue weighted by Crippen LogP contribution is 2.21. The minimum absolute atomic E-state index is 0.310. The summed E-state index contributed by atoms with van der Waals surface area (Å²) < 4.78 is 0. The van der Waals surface area contributed by atoms with E-state index >= 15 is 0 Å². The van der Waals surface area contributed by atoms with Crippen LogP contribution in [0.3, 0.4) is 0 Å². The van der Waals surface area contributed by atoms with Gasteiger partial charge in [0, 0.05) is 0 Å². The fourth-order valence-electron chi connectivity index (χ4n) is 4.05. The third-order valence-electron chi connectivity index (χ3n) is 6.02. The lowest BCUT2D eigenvalue weighted by Gasteiger charge is -2.27. The van der Waals surface area contributed by atoms with Crippen molar-refractivity contribution in [1.82, 2.24) is 0 Å². The average Bonchev–Trinajstić information content (AvgIpc) is 2.85. The molecule has 0 heterocycles. The van der Waals surface area contributed by atoms with E-state index in [0.717, 1.165) is 22.3 Å². The number of hydrogen-bond donors (Lipinski definition) is 2. The van der Waals surface area contributed by atoms with E-state index in [0.29, 0.717) is 11.5 Å². The van der Waals surface area contributed by atoms with E-state index in [2.05, 4.69) is 72.1 Å². The zero-order valence-corrected chi connectivity index (χ0v) is 19.9. The van der Waals surface area contributed by atoms with Crippen molar-refractivity contribution in [3.05, 3.63) is 131 Å². The van der Waals surface area contributed by atoms with E-state index in [1.165, 1.54) is 10.4 Å². The summed E-state index contributed by atoms with van der Waals surface area (Å²) in [6.45, 7) is 3.83. The normalized spacial score (nSPS) is 11.9. The first kappa shape index (κ1) is 22.4. The quantitative estimate of drug-likeness (QED) is 0.367. The topological polar surface area (TPSA) is 40.5 Å². The molecule has 4 aromatic rings. The second kappa shape index (κ2) is 9.76. The minimum atomic E-state index is -2.46. The Morgan fingerprint density at radius 1 is 0.545 bits per heavy atom. The predicted molar refractivity (Wildman–Crippen MR) is 142 cm³/mol. The van der Waals surface area contributed by atoms with E-state index in [1.54, 1.807) is 12.1 Å². The highest BCUT2D eigenvalue weighted by molar-refractivity contribution is 7.10. The monoisotopic (exact) mass is 448 g/mol. The Hall–Kier alpha value is -3.82. The van der Waals surface area contributed by atoms with Gasteiger partial charge in [-0.05, 0) is 70.7 Å². The number of phenolic OH excluding ortho intramolecular Hbond substituents is 2. The number of phenols is 2. The van der Waals surface area contributed by atoms with Crippen molar-refractivity contribution in [3.8, 4) is 11.5 Å². The van der Waals surface area contributed by atoms with Crippen LogP contribution in [0, 0.1) is 13.8 Å². The zero-order chi connectivity index (χ0) is 23.3. The molecule has 0 radical (unpaired) electrons. The van der Waals surface area contributed by atoms with Crippen molar-refractivity contribution in [2.24, 2.45) is 0 Å². The Kier molecular flexibility index (Phi) is 6.62. The molecule has 0 amide bonds. The molecule has 0 aromatic heterocycles. The molecular formula is C30H28O2Si. The third kappa shape index (κ3) is 4.99. The van der Waals surface area contributed by atoms with E-state index in [9.17, 15) is 10.2 Å². The molecule has 3 heteroatoms. The predicted octanol–water partition coefficient (Wildman–Crippen LogP) is 5.78. The molecule has 0 atom stereocenters. The Bertz CT molecular complexity index is 1190. The van der Waals surface area contributed by atoms with Crippen LogP contribution < -0.4 is 10.4 Å². The lowest BCUT2D eigenvalue weighted by molar-refractivity contribution is 0.470. The van der Waals surface area contributed by atoms with Crippen LogP contribution in [0.15, 0.2) is 108 Å². The molecule has 0 unspecified atom stereocenters. The van der Waals surface area contributed by atoms with Gasteiger partial charge in [0.2, 0.25) is 0 Å². The maximum Gasteiger partial charge on any atom is 0.165 e. The summed E-state index contributed by atoms with van der Waals surface area (Å²) in [7, 11) is -2.46. The van der Waals surface area contributed by atoms with Gasteiger partial charge in [-0.3, -0.25) is 0 Å². The molecule has 33 heavy (non-hydrogen) atoms. The molecule has 0 aliphatic heterocycles. The van der Waals surface area contributed by atoms with Gasteiger partial charge in [-0.25, -0.2) is 0 Å². The lowest BCUT2D eigenvalue weighted by Crippen LogP contribution is -2.55. The van der Waals surface area contributed by atoms with Gasteiger partial charge in [0.15, 0.2) is 8.07 Å². The van der Waals surface area contributed by atoms with Crippen molar-refractivity contribution >= 4 is 30.6 Å². The summed E-state index contributed by atoms with van der Waals surface area (Å²) in [5, 5.41) is 22.4. The fraction of sp³-hybridized carbons (Fsp3) is 0.0667. The second-order valence-corrected chi connectivity index (χ2v) is 11.9. The molecule has 0 bridgehead atoms. The summed E-state index contributed by atoms with van der Waals surface area (Å²) in [6.07, 6.45) is 4.34. The van der Waals surface area contributed by atoms with E-state index < -0.39 is 8.07 Å². The third-order valence-corrected chi connectivity index (χ3v) is 9.98. The molecule has 0 spiro atoms. The van der Waals surface area contributed by atoms with E-state index in [1.807, 2.05) is 50.2 Å². The van der Waals surface area contributed by atoms with Crippen LogP contribution in [0.5, 0.6) is 11.5 Å². The minimum Gasteiger partial charge on any atom is -0.508 e. The molecule has 0 aliphatic rings. The van der Waals surface area contributed by atoms with E-state index in [4.69, 9.17) is 0 Å². The van der Waals surface area contributed by atoms with E-state index in [-0.39, 0.29) is 0 Å². The smallest absolute Gasteiger partial charge is 0.165 e. The van der Waals surface area contributed by atoms with Crippen LogP contribution >= 0.6 is 0 Å². The molecule has 4 aromatic carbocycles. The van der Waals surface area contributed by atoms with Crippen molar-refractivity contribution in [1.29, 1.82) is 0 Å². The van der Waals surface area contributed by atoms with Gasteiger partial charge in [-0.15, -0.1) is 0 Å². The Morgan fingerprint density at radius 2 is 0.939 bits per heavy atom. The number of benzene rings is 4. The largest absolute Gasteiger partial charge is 0.508 e. The first-order valence-corrected chi connectivity index (χ1v) is 13.2. The summed E-state index contributed by atoms with van der Waals surface area (Å²) >= 11 is 0. The van der Waals surface area contributed by atoms with Gasteiger partial charge in [0.05, 0.1) is 0 Å². The van der Waals surface area contributed by atoms with Crippen LogP contribution in [0.25, 0.3) is 12.2 Å². The Balaban J connectivity index is 1.90. The molecule has 2 N–H and O–H groups in total. The van der Waals surface area contributed by atoms with Crippen molar-refractivity contribution in [3.63, 3.8) is 0 Å². The first-order chi connectivity index (χ1) is 16.0. The number of aryl methyl sites for hydroxylation is 2. The molecule has 164 valence electrons. The van der Waals surface area contributed by atoms with Crippen LogP contribution in [-0.4, -0.2) is 18.3 Å². The number of aromatic hydroxyl groups is 2. The molecule has 2 nitrogen and oxygen atoms in total. The highest BCUT2D eigenvalue weighted by Gasteiger charge is 2.31. The molecule has 0 saturated carbocycles. The fourth-order valence-corrected chi connectivity index (χ4v) is 7.67. The van der Waals surface area contributed by atoms with Crippen LogP contribution in [-0.2, 0) is 0 Å². The number of hydrogen-bond acceptors (Lipinski definition) is 2. The van der Waals surface area contributed by atoms with Gasteiger partial charge in [0.1, 0.15) is 11.5 Å². The number of rotatable bonds is 6. The van der Waals surface area contributed by atoms with Gasteiger partial charge < -0.3 is 10.2 Å². The second-order valence-electron chi connectivity index (χ2n) is 8.36. The van der Waals surface area contributed by atoms with Crippen molar-refractivity contribution in [2.45, 2.75) is 13.8 Å². The lowest BCUT2D eigenvalue weighted by atomic mass is 10.1. The van der Waals surface area contributed by atoms with Crippen LogP contribution in [0.2, 0.25) is 0 Å². The Morgan fingerprint density at radius 3 is 1.30 bits per heavy atom. The molecular weight excluding hydrogens is 420 g/mol. The average molecular weight is 449 g/mol. The maximum atomic E-state index is 9.94. The Labute approximate surface area is 196 Å². The summed E-state index contributed by atoms with van der Waals surface area (Å²) in [6, 6.07) is 32.7. The first-order valence-electron chi connectivity index (χ1n) is 11.1. The standard InChI is InChI=1S/C30H28O2Si/c1-23-21-25(13-15-29(23)31)17-19-33(27-9-5-3-6-10-27,28-11-7-4-8-12-28)20-18-26-14-16-30(32)24(2)22-26/h3-22,31-32H,1-2H3. The summed E-state index contributed by atoms with van der Waals surface area (Å²) in [4.78, 5) is 0. The summed E-state index contributed by atoms with van der Waals surface area (Å²) in [5.74, 6) is 0.619. The zero-order valence-electron chi connectivity index (χ0n) is 18.9. The molecule has 0 aliphatic carbocycles. The maximum absolute atomic E-state index is 9.94. The highest BCUT2D eigenvalue weighted by atomic mass is 28.3. The van der Waals surface area contributed by atoms with Crippen molar-refractivity contribution < 1.29 is 10.2 Å². The van der Waals surface area contributed by atoms with Crippen LogP contribution in [0.4, 0.5) is 0 Å². The van der Waals surface area contributed by atoms with Gasteiger partial charge >= 0.3 is 0 Å². The van der Waals surface area contributed by atoms with Crippen molar-refractivity contribution in [2.75, 3.05) is 0 Å². The summed E-state index contributed by atoms with van der Waals surface area (Å²) in [5.41, 5.74) is 8.55. The SMILES string of the molecule is Cc1cc(C=C[Si](C=Cc2ccc(O)c(C)c2)(c2ccccc2)c2ccccc2)ccc1O. The molecule has 4 rings (SSSR count). The molecule has 0 fully saturated rings.